The van der Waals surface area contributed by atoms with E-state index in [0.717, 1.165) is 30.9 Å². The van der Waals surface area contributed by atoms with Gasteiger partial charge in [-0.15, -0.1) is 0 Å². The molecule has 8 nitrogen and oxygen atoms in total. The number of aliphatic hydroxyl groups excluding tert-OH is 2. The van der Waals surface area contributed by atoms with E-state index in [4.69, 9.17) is 4.74 Å². The van der Waals surface area contributed by atoms with Gasteiger partial charge < -0.3 is 25.2 Å². The third kappa shape index (κ3) is 8.03. The SMILES string of the molecule is CCCC(=O)c1c(O)c(CC2=C(O)[C@](C)(C/C=C(\C)CCC=C(C)C)C(=O)C(C(C)=O)=C2O)c(O)c2c1O[C@@](C)(CCC=C(C)C)C=C2. The molecule has 0 saturated heterocycles. The lowest BCUT2D eigenvalue weighted by Crippen LogP contribution is -2.38. The number of ether oxygens (including phenoxy) is 1. The first kappa shape index (κ1) is 38.1. The van der Waals surface area contributed by atoms with Gasteiger partial charge in [0.25, 0.3) is 0 Å². The topological polar surface area (TPSA) is 141 Å². The molecular formula is C40H52O8. The summed E-state index contributed by atoms with van der Waals surface area (Å²) in [6.45, 7) is 16.3. The number of rotatable bonds is 14. The Kier molecular flexibility index (Phi) is 12.1. The third-order valence-corrected chi connectivity index (χ3v) is 9.14. The van der Waals surface area contributed by atoms with Crippen molar-refractivity contribution in [1.29, 1.82) is 0 Å². The Morgan fingerprint density at radius 2 is 1.50 bits per heavy atom. The quantitative estimate of drug-likeness (QED) is 0.0879. The van der Waals surface area contributed by atoms with Gasteiger partial charge in [0.2, 0.25) is 0 Å². The van der Waals surface area contributed by atoms with Crippen molar-refractivity contribution < 1.29 is 39.5 Å². The summed E-state index contributed by atoms with van der Waals surface area (Å²) in [6, 6.07) is 0. The van der Waals surface area contributed by atoms with E-state index in [9.17, 15) is 34.8 Å². The van der Waals surface area contributed by atoms with E-state index in [2.05, 4.69) is 12.2 Å². The first-order chi connectivity index (χ1) is 22.4. The molecule has 48 heavy (non-hydrogen) atoms. The van der Waals surface area contributed by atoms with Crippen molar-refractivity contribution >= 4 is 23.4 Å². The number of hydrogen-bond donors (Lipinski definition) is 4. The number of Topliss-reactive ketones (excluding diaryl/α,β-unsaturated/α-hetero) is 3. The van der Waals surface area contributed by atoms with Gasteiger partial charge in [0.1, 0.15) is 45.5 Å². The molecule has 0 aromatic heterocycles. The lowest BCUT2D eigenvalue weighted by Gasteiger charge is -2.35. The fourth-order valence-electron chi connectivity index (χ4n) is 6.14. The number of fused-ring (bicyclic) bond motifs is 1. The van der Waals surface area contributed by atoms with Gasteiger partial charge in [-0.1, -0.05) is 41.9 Å². The number of carbonyl (C=O) groups is 3. The van der Waals surface area contributed by atoms with Crippen LogP contribution in [0.2, 0.25) is 0 Å². The Morgan fingerprint density at radius 1 is 0.875 bits per heavy atom. The molecule has 4 N–H and O–H groups in total. The average Bonchev–Trinajstić information content (AvgIpc) is 2.98. The van der Waals surface area contributed by atoms with E-state index in [-0.39, 0.29) is 40.9 Å². The molecule has 0 unspecified atom stereocenters. The zero-order valence-corrected chi connectivity index (χ0v) is 30.0. The standard InChI is InChI=1S/C40H52O8/c1-10-13-30(42)32-34(44)28(33(43)27-18-20-39(8,48-36(27)32)19-12-15-24(4)5)22-29-35(45)31(26(7)41)38(47)40(9,37(29)46)21-17-25(6)16-11-14-23(2)3/h14-15,17-18,20,43-46H,10-13,16,19,21-22H2,1-9H3/b25-17+/t39-,40-/m0/s1. The molecule has 260 valence electrons. The fourth-order valence-corrected chi connectivity index (χ4v) is 6.14. The normalized spacial score (nSPS) is 20.8. The summed E-state index contributed by atoms with van der Waals surface area (Å²) in [4.78, 5) is 39.9. The molecule has 1 aromatic carbocycles. The van der Waals surface area contributed by atoms with Crippen LogP contribution in [0.4, 0.5) is 0 Å². The van der Waals surface area contributed by atoms with Gasteiger partial charge in [0.05, 0.1) is 11.0 Å². The number of phenols is 2. The molecule has 1 heterocycles. The third-order valence-electron chi connectivity index (χ3n) is 9.14. The first-order valence-electron chi connectivity index (χ1n) is 16.7. The summed E-state index contributed by atoms with van der Waals surface area (Å²) < 4.78 is 6.36. The molecule has 8 heteroatoms. The molecule has 2 atom stereocenters. The van der Waals surface area contributed by atoms with Gasteiger partial charge in [-0.2, -0.15) is 0 Å². The number of phenolic OH excluding ortho intramolecular Hbond substituents is 2. The molecule has 0 spiro atoms. The van der Waals surface area contributed by atoms with Crippen LogP contribution in [-0.2, 0) is 16.0 Å². The van der Waals surface area contributed by atoms with Crippen LogP contribution in [0.25, 0.3) is 6.08 Å². The molecule has 3 rings (SSSR count). The van der Waals surface area contributed by atoms with Crippen molar-refractivity contribution in [2.75, 3.05) is 0 Å². The van der Waals surface area contributed by atoms with Crippen LogP contribution in [-0.4, -0.2) is 43.4 Å². The second-order valence-electron chi connectivity index (χ2n) is 14.1. The van der Waals surface area contributed by atoms with Crippen LogP contribution in [0.3, 0.4) is 0 Å². The minimum absolute atomic E-state index is 0.0518. The van der Waals surface area contributed by atoms with Crippen LogP contribution in [0.15, 0.2) is 63.7 Å². The van der Waals surface area contributed by atoms with Gasteiger partial charge in [-0.05, 0) is 106 Å². The Balaban J connectivity index is 2.19. The molecule has 0 amide bonds. The maximum absolute atomic E-state index is 13.7. The zero-order chi connectivity index (χ0) is 36.1. The van der Waals surface area contributed by atoms with E-state index in [1.165, 1.54) is 12.5 Å². The summed E-state index contributed by atoms with van der Waals surface area (Å²) >= 11 is 0. The Morgan fingerprint density at radius 3 is 2.08 bits per heavy atom. The smallest absolute Gasteiger partial charge is 0.183 e. The van der Waals surface area contributed by atoms with Gasteiger partial charge in [-0.25, -0.2) is 0 Å². The van der Waals surface area contributed by atoms with Crippen LogP contribution >= 0.6 is 0 Å². The molecule has 0 radical (unpaired) electrons. The van der Waals surface area contributed by atoms with Gasteiger partial charge in [0, 0.05) is 24.0 Å². The van der Waals surface area contributed by atoms with Crippen molar-refractivity contribution in [2.24, 2.45) is 5.41 Å². The monoisotopic (exact) mass is 660 g/mol. The van der Waals surface area contributed by atoms with Crippen LogP contribution < -0.4 is 4.74 Å². The van der Waals surface area contributed by atoms with E-state index >= 15 is 0 Å². The lowest BCUT2D eigenvalue weighted by molar-refractivity contribution is -0.127. The van der Waals surface area contributed by atoms with Gasteiger partial charge in [0.15, 0.2) is 17.3 Å². The van der Waals surface area contributed by atoms with Crippen molar-refractivity contribution in [1.82, 2.24) is 0 Å². The largest absolute Gasteiger partial charge is 0.511 e. The maximum Gasteiger partial charge on any atom is 0.183 e. The van der Waals surface area contributed by atoms with Crippen LogP contribution in [0, 0.1) is 5.41 Å². The van der Waals surface area contributed by atoms with E-state index < -0.39 is 63.4 Å². The summed E-state index contributed by atoms with van der Waals surface area (Å²) in [5.74, 6) is -3.86. The number of allylic oxidation sites excluding steroid dienone is 9. The fraction of sp³-hybridized carbons (Fsp3) is 0.475. The average molecular weight is 661 g/mol. The number of aromatic hydroxyl groups is 2. The highest BCUT2D eigenvalue weighted by atomic mass is 16.5. The highest BCUT2D eigenvalue weighted by Crippen LogP contribution is 2.50. The Labute approximate surface area is 284 Å². The highest BCUT2D eigenvalue weighted by molar-refractivity contribution is 6.23. The first-order valence-corrected chi connectivity index (χ1v) is 16.7. The van der Waals surface area contributed by atoms with Crippen LogP contribution in [0.1, 0.15) is 129 Å². The molecule has 0 fully saturated rings. The zero-order valence-electron chi connectivity index (χ0n) is 30.0. The van der Waals surface area contributed by atoms with E-state index in [1.807, 2.05) is 54.5 Å². The Bertz CT molecular complexity index is 1670. The number of carbonyl (C=O) groups excluding carboxylic acids is 3. The maximum atomic E-state index is 13.7. The minimum atomic E-state index is -1.60. The molecule has 0 bridgehead atoms. The minimum Gasteiger partial charge on any atom is -0.511 e. The van der Waals surface area contributed by atoms with Crippen LogP contribution in [0.5, 0.6) is 17.2 Å². The number of hydrogen-bond acceptors (Lipinski definition) is 8. The van der Waals surface area contributed by atoms with E-state index in [0.29, 0.717) is 19.3 Å². The summed E-state index contributed by atoms with van der Waals surface area (Å²) in [7, 11) is 0. The predicted octanol–water partition coefficient (Wildman–Crippen LogP) is 9.42. The van der Waals surface area contributed by atoms with Gasteiger partial charge >= 0.3 is 0 Å². The molecule has 1 aliphatic carbocycles. The molecular weight excluding hydrogens is 608 g/mol. The highest BCUT2D eigenvalue weighted by Gasteiger charge is 2.47. The molecule has 1 aromatic rings. The van der Waals surface area contributed by atoms with E-state index in [1.54, 1.807) is 12.2 Å². The van der Waals surface area contributed by atoms with Gasteiger partial charge in [-0.3, -0.25) is 14.4 Å². The molecule has 1 aliphatic heterocycles. The molecule has 0 saturated carbocycles. The van der Waals surface area contributed by atoms with Crippen molar-refractivity contribution in [2.45, 2.75) is 119 Å². The molecule has 2 aliphatic rings. The van der Waals surface area contributed by atoms with Crippen molar-refractivity contribution in [3.8, 4) is 17.2 Å². The number of ketones is 3. The summed E-state index contributed by atoms with van der Waals surface area (Å²) in [5.41, 5.74) is 0.209. The summed E-state index contributed by atoms with van der Waals surface area (Å²) in [6.07, 6.45) is 12.5. The summed E-state index contributed by atoms with van der Waals surface area (Å²) in [5, 5.41) is 46.2. The number of aliphatic hydroxyl groups is 2. The van der Waals surface area contributed by atoms with Crippen molar-refractivity contribution in [3.63, 3.8) is 0 Å². The van der Waals surface area contributed by atoms with Crippen molar-refractivity contribution in [3.05, 3.63) is 80.4 Å². The lowest BCUT2D eigenvalue weighted by atomic mass is 9.70. The Hall–Kier alpha value is -4.33. The predicted molar refractivity (Wildman–Crippen MR) is 190 cm³/mol. The second-order valence-corrected chi connectivity index (χ2v) is 14.1. The number of benzene rings is 1. The second kappa shape index (κ2) is 15.3.